The zero-order valence-corrected chi connectivity index (χ0v) is 22.6. The van der Waals surface area contributed by atoms with Gasteiger partial charge >= 0.3 is 18.1 Å². The highest BCUT2D eigenvalue weighted by molar-refractivity contribution is 5.81. The Hall–Kier alpha value is -4.13. The van der Waals surface area contributed by atoms with E-state index in [2.05, 4.69) is 13.2 Å². The van der Waals surface area contributed by atoms with E-state index in [1.807, 2.05) is 31.2 Å². The maximum absolute atomic E-state index is 14.2. The van der Waals surface area contributed by atoms with E-state index in [-0.39, 0.29) is 18.8 Å². The second-order valence-corrected chi connectivity index (χ2v) is 9.25. The fourth-order valence-electron chi connectivity index (χ4n) is 4.40. The molecule has 0 radical (unpaired) electrons. The molecule has 0 saturated heterocycles. The Morgan fingerprint density at radius 2 is 1.20 bits per heavy atom. The van der Waals surface area contributed by atoms with Crippen LogP contribution >= 0.6 is 0 Å². The number of hydrogen-bond donors (Lipinski definition) is 0. The number of halogens is 3. The molecule has 0 spiro atoms. The van der Waals surface area contributed by atoms with Crippen LogP contribution < -0.4 is 0 Å². The molecule has 0 heterocycles. The average molecular weight is 551 g/mol. The fraction of sp³-hybridized carbons (Fsp3) is 0.273. The van der Waals surface area contributed by atoms with Gasteiger partial charge in [0.05, 0.1) is 18.8 Å². The van der Waals surface area contributed by atoms with E-state index >= 15 is 0 Å². The molecule has 0 aliphatic carbocycles. The number of carbonyl (C=O) groups excluding carboxylic acids is 2. The van der Waals surface area contributed by atoms with E-state index < -0.39 is 23.7 Å². The molecule has 0 saturated carbocycles. The van der Waals surface area contributed by atoms with Crippen molar-refractivity contribution in [2.75, 3.05) is 13.2 Å². The van der Waals surface area contributed by atoms with Crippen LogP contribution in [0.2, 0.25) is 0 Å². The molecule has 0 N–H and O–H groups in total. The largest absolute Gasteiger partial charge is 0.463 e. The lowest BCUT2D eigenvalue weighted by molar-refractivity contribution is -0.138. The summed E-state index contributed by atoms with van der Waals surface area (Å²) in [6.45, 7) is 9.09. The Morgan fingerprint density at radius 1 is 0.750 bits per heavy atom. The third kappa shape index (κ3) is 8.43. The lowest BCUT2D eigenvalue weighted by atomic mass is 9.88. The van der Waals surface area contributed by atoms with Gasteiger partial charge in [-0.2, -0.15) is 13.2 Å². The number of esters is 2. The van der Waals surface area contributed by atoms with E-state index in [0.717, 1.165) is 34.4 Å². The molecule has 0 aliphatic rings. The average Bonchev–Trinajstić information content (AvgIpc) is 2.96. The molecule has 40 heavy (non-hydrogen) atoms. The molecule has 3 aromatic carbocycles. The summed E-state index contributed by atoms with van der Waals surface area (Å²) in [7, 11) is 0. The topological polar surface area (TPSA) is 52.6 Å². The second-order valence-electron chi connectivity index (χ2n) is 9.25. The van der Waals surface area contributed by atoms with Gasteiger partial charge < -0.3 is 9.47 Å². The molecular weight excluding hydrogens is 517 g/mol. The molecule has 3 rings (SSSR count). The molecule has 0 aromatic heterocycles. The SMILES string of the molecule is C=CC(=O)OCCCc1ccc(-c2cc(-c3ccc(CCCOC(=O)C=C)cc3)c(C(F)(F)F)cc2CC)cc1. The van der Waals surface area contributed by atoms with Gasteiger partial charge in [0.2, 0.25) is 0 Å². The van der Waals surface area contributed by atoms with Crippen molar-refractivity contribution in [2.24, 2.45) is 0 Å². The normalized spacial score (nSPS) is 11.1. The number of hydrogen-bond acceptors (Lipinski definition) is 4. The van der Waals surface area contributed by atoms with Gasteiger partial charge in [-0.05, 0) is 83.2 Å². The van der Waals surface area contributed by atoms with E-state index in [4.69, 9.17) is 9.47 Å². The Balaban J connectivity index is 1.84. The predicted octanol–water partition coefficient (Wildman–Crippen LogP) is 7.93. The van der Waals surface area contributed by atoms with Crippen LogP contribution in [0.3, 0.4) is 0 Å². The number of ether oxygens (including phenoxy) is 2. The molecular formula is C33H33F3O4. The summed E-state index contributed by atoms with van der Waals surface area (Å²) in [6, 6.07) is 17.6. The summed E-state index contributed by atoms with van der Waals surface area (Å²) in [4.78, 5) is 22.3. The summed E-state index contributed by atoms with van der Waals surface area (Å²) in [5.41, 5.74) is 4.12. The van der Waals surface area contributed by atoms with Crippen LogP contribution in [0.5, 0.6) is 0 Å². The maximum atomic E-state index is 14.2. The minimum absolute atomic E-state index is 0.124. The molecule has 210 valence electrons. The summed E-state index contributed by atoms with van der Waals surface area (Å²) in [6.07, 6.45) is 0.740. The van der Waals surface area contributed by atoms with E-state index in [1.54, 1.807) is 30.3 Å². The van der Waals surface area contributed by atoms with Gasteiger partial charge in [-0.25, -0.2) is 9.59 Å². The maximum Gasteiger partial charge on any atom is 0.417 e. The first-order valence-corrected chi connectivity index (χ1v) is 13.2. The number of aryl methyl sites for hydroxylation is 3. The lowest BCUT2D eigenvalue weighted by Gasteiger charge is -2.19. The number of carbonyl (C=O) groups is 2. The van der Waals surface area contributed by atoms with Crippen LogP contribution in [-0.4, -0.2) is 25.2 Å². The number of rotatable bonds is 13. The zero-order valence-electron chi connectivity index (χ0n) is 22.6. The van der Waals surface area contributed by atoms with Crippen LogP contribution in [0.4, 0.5) is 13.2 Å². The van der Waals surface area contributed by atoms with Crippen molar-refractivity contribution in [2.45, 2.75) is 45.2 Å². The predicted molar refractivity (Wildman–Crippen MR) is 151 cm³/mol. The van der Waals surface area contributed by atoms with Crippen molar-refractivity contribution in [1.29, 1.82) is 0 Å². The van der Waals surface area contributed by atoms with Crippen LogP contribution in [0.15, 0.2) is 86.0 Å². The van der Waals surface area contributed by atoms with E-state index in [0.29, 0.717) is 43.2 Å². The van der Waals surface area contributed by atoms with E-state index in [9.17, 15) is 22.8 Å². The third-order valence-corrected chi connectivity index (χ3v) is 6.50. The van der Waals surface area contributed by atoms with Crippen molar-refractivity contribution in [3.05, 3.63) is 108 Å². The number of alkyl halides is 3. The Bertz CT molecular complexity index is 1320. The standard InChI is InChI=1S/C33H33F3O4/c1-4-25-21-30(33(34,35)36)29(27-17-13-24(14-18-27)10-8-20-40-32(38)6-3)22-28(25)26-15-11-23(12-16-26)9-7-19-39-31(37)5-2/h5-6,11-18,21-22H,2-4,7-10,19-20H2,1H3. The van der Waals surface area contributed by atoms with Crippen LogP contribution in [0.1, 0.15) is 42.0 Å². The minimum atomic E-state index is -4.51. The Kier molecular flexibility index (Phi) is 10.9. The monoisotopic (exact) mass is 550 g/mol. The molecule has 0 unspecified atom stereocenters. The highest BCUT2D eigenvalue weighted by atomic mass is 19.4. The van der Waals surface area contributed by atoms with Gasteiger partial charge in [0.1, 0.15) is 0 Å². The third-order valence-electron chi connectivity index (χ3n) is 6.50. The lowest BCUT2D eigenvalue weighted by Crippen LogP contribution is -2.09. The first-order valence-electron chi connectivity index (χ1n) is 13.2. The van der Waals surface area contributed by atoms with Gasteiger partial charge in [-0.1, -0.05) is 68.6 Å². The molecule has 4 nitrogen and oxygen atoms in total. The van der Waals surface area contributed by atoms with Crippen molar-refractivity contribution < 1.29 is 32.2 Å². The fourth-order valence-corrected chi connectivity index (χ4v) is 4.40. The van der Waals surface area contributed by atoms with Crippen molar-refractivity contribution in [3.63, 3.8) is 0 Å². The van der Waals surface area contributed by atoms with Crippen molar-refractivity contribution in [1.82, 2.24) is 0 Å². The first-order chi connectivity index (χ1) is 19.2. The zero-order chi connectivity index (χ0) is 29.1. The second kappa shape index (κ2) is 14.3. The van der Waals surface area contributed by atoms with Gasteiger partial charge in [-0.15, -0.1) is 0 Å². The van der Waals surface area contributed by atoms with Crippen LogP contribution in [0, 0.1) is 0 Å². The quantitative estimate of drug-likeness (QED) is 0.123. The highest BCUT2D eigenvalue weighted by Crippen LogP contribution is 2.41. The molecule has 7 heteroatoms. The number of benzene rings is 3. The molecule has 0 fully saturated rings. The van der Waals surface area contributed by atoms with E-state index in [1.165, 1.54) is 6.07 Å². The summed E-state index contributed by atoms with van der Waals surface area (Å²) in [5, 5.41) is 0. The summed E-state index contributed by atoms with van der Waals surface area (Å²) < 4.78 is 52.4. The summed E-state index contributed by atoms with van der Waals surface area (Å²) >= 11 is 0. The summed E-state index contributed by atoms with van der Waals surface area (Å²) in [5.74, 6) is -0.940. The molecule has 0 bridgehead atoms. The molecule has 0 atom stereocenters. The highest BCUT2D eigenvalue weighted by Gasteiger charge is 2.34. The Labute approximate surface area is 233 Å². The van der Waals surface area contributed by atoms with Crippen LogP contribution in [-0.2, 0) is 44.5 Å². The minimum Gasteiger partial charge on any atom is -0.463 e. The van der Waals surface area contributed by atoms with Gasteiger partial charge in [0.25, 0.3) is 0 Å². The van der Waals surface area contributed by atoms with Crippen molar-refractivity contribution >= 4 is 11.9 Å². The molecule has 3 aromatic rings. The van der Waals surface area contributed by atoms with Crippen molar-refractivity contribution in [3.8, 4) is 22.3 Å². The molecule has 0 aliphatic heterocycles. The smallest absolute Gasteiger partial charge is 0.417 e. The Morgan fingerprint density at radius 3 is 1.60 bits per heavy atom. The van der Waals surface area contributed by atoms with Gasteiger partial charge in [0, 0.05) is 12.2 Å². The molecule has 0 amide bonds. The van der Waals surface area contributed by atoms with Gasteiger partial charge in [-0.3, -0.25) is 0 Å². The first kappa shape index (κ1) is 30.4. The van der Waals surface area contributed by atoms with Crippen LogP contribution in [0.25, 0.3) is 22.3 Å². The van der Waals surface area contributed by atoms with Gasteiger partial charge in [0.15, 0.2) is 0 Å².